The van der Waals surface area contributed by atoms with Gasteiger partial charge in [-0.3, -0.25) is 10.1 Å². The molecule has 0 aromatic heterocycles. The Balaban J connectivity index is 2.60. The standard InChI is InChI=1S/C14H21BrN2O3/c1-2-3-11(6-7-18)9-16-10-12-8-13(15)4-5-14(12)17(19)20/h4-5,8,11,16,18H,2-3,6-7,9-10H2,1H3. The third-order valence-corrected chi connectivity index (χ3v) is 3.71. The largest absolute Gasteiger partial charge is 0.396 e. The van der Waals surface area contributed by atoms with Gasteiger partial charge >= 0.3 is 0 Å². The number of benzene rings is 1. The first-order valence-electron chi connectivity index (χ1n) is 6.82. The Morgan fingerprint density at radius 3 is 2.80 bits per heavy atom. The minimum Gasteiger partial charge on any atom is -0.396 e. The summed E-state index contributed by atoms with van der Waals surface area (Å²) in [7, 11) is 0. The summed E-state index contributed by atoms with van der Waals surface area (Å²) in [6.07, 6.45) is 2.89. The van der Waals surface area contributed by atoms with Gasteiger partial charge in [-0.1, -0.05) is 29.3 Å². The lowest BCUT2D eigenvalue weighted by Gasteiger charge is -2.15. The molecule has 0 aliphatic carbocycles. The summed E-state index contributed by atoms with van der Waals surface area (Å²) in [5.74, 6) is 0.413. The lowest BCUT2D eigenvalue weighted by Crippen LogP contribution is -2.23. The van der Waals surface area contributed by atoms with Crippen molar-refractivity contribution in [1.29, 1.82) is 0 Å². The topological polar surface area (TPSA) is 75.4 Å². The van der Waals surface area contributed by atoms with E-state index in [0.29, 0.717) is 18.0 Å². The summed E-state index contributed by atoms with van der Waals surface area (Å²) in [4.78, 5) is 10.6. The fraction of sp³-hybridized carbons (Fsp3) is 0.571. The molecule has 5 nitrogen and oxygen atoms in total. The maximum atomic E-state index is 11.0. The third kappa shape index (κ3) is 5.56. The van der Waals surface area contributed by atoms with Gasteiger partial charge in [-0.2, -0.15) is 0 Å². The molecule has 112 valence electrons. The first-order valence-corrected chi connectivity index (χ1v) is 7.62. The van der Waals surface area contributed by atoms with E-state index in [1.54, 1.807) is 12.1 Å². The Bertz CT molecular complexity index is 434. The number of nitro benzene ring substituents is 1. The van der Waals surface area contributed by atoms with Crippen molar-refractivity contribution >= 4 is 21.6 Å². The predicted octanol–water partition coefficient (Wildman–Crippen LogP) is 3.25. The second-order valence-corrected chi connectivity index (χ2v) is 5.74. The third-order valence-electron chi connectivity index (χ3n) is 3.22. The van der Waals surface area contributed by atoms with Crippen LogP contribution in [-0.4, -0.2) is 23.2 Å². The van der Waals surface area contributed by atoms with Gasteiger partial charge in [-0.25, -0.2) is 0 Å². The molecule has 1 aromatic rings. The average molecular weight is 345 g/mol. The molecule has 6 heteroatoms. The highest BCUT2D eigenvalue weighted by molar-refractivity contribution is 9.10. The van der Waals surface area contributed by atoms with E-state index in [2.05, 4.69) is 28.2 Å². The molecule has 20 heavy (non-hydrogen) atoms. The van der Waals surface area contributed by atoms with Crippen molar-refractivity contribution in [2.24, 2.45) is 5.92 Å². The maximum absolute atomic E-state index is 11.0. The molecule has 0 fully saturated rings. The zero-order chi connectivity index (χ0) is 15.0. The predicted molar refractivity (Wildman–Crippen MR) is 82.6 cm³/mol. The SMILES string of the molecule is CCCC(CCO)CNCc1cc(Br)ccc1[N+](=O)[O-]. The van der Waals surface area contributed by atoms with Crippen LogP contribution in [0, 0.1) is 16.0 Å². The minimum absolute atomic E-state index is 0.134. The van der Waals surface area contributed by atoms with Gasteiger partial charge in [0.2, 0.25) is 0 Å². The van der Waals surface area contributed by atoms with Gasteiger partial charge in [0.1, 0.15) is 0 Å². The Kier molecular flexibility index (Phi) is 7.72. The van der Waals surface area contributed by atoms with Crippen LogP contribution in [0.5, 0.6) is 0 Å². The van der Waals surface area contributed by atoms with E-state index in [9.17, 15) is 10.1 Å². The summed E-state index contributed by atoms with van der Waals surface area (Å²) in [6, 6.07) is 4.96. The average Bonchev–Trinajstić information content (AvgIpc) is 2.39. The Morgan fingerprint density at radius 2 is 2.20 bits per heavy atom. The molecule has 0 saturated heterocycles. The van der Waals surface area contributed by atoms with Crippen LogP contribution >= 0.6 is 15.9 Å². The van der Waals surface area contributed by atoms with Crippen LogP contribution in [-0.2, 0) is 6.54 Å². The lowest BCUT2D eigenvalue weighted by atomic mass is 10.00. The molecule has 0 saturated carbocycles. The van der Waals surface area contributed by atoms with Crippen LogP contribution in [0.1, 0.15) is 31.7 Å². The number of aliphatic hydroxyl groups is 1. The molecule has 0 bridgehead atoms. The van der Waals surface area contributed by atoms with E-state index in [4.69, 9.17) is 5.11 Å². The van der Waals surface area contributed by atoms with Crippen molar-refractivity contribution in [3.05, 3.63) is 38.3 Å². The quantitative estimate of drug-likeness (QED) is 0.532. The van der Waals surface area contributed by atoms with Gasteiger partial charge in [-0.05, 0) is 37.4 Å². The summed E-state index contributed by atoms with van der Waals surface area (Å²) in [5, 5.41) is 23.2. The number of nitrogens with zero attached hydrogens (tertiary/aromatic N) is 1. The summed E-state index contributed by atoms with van der Waals surface area (Å²) in [6.45, 7) is 3.52. The van der Waals surface area contributed by atoms with Crippen LogP contribution < -0.4 is 5.32 Å². The number of hydrogen-bond donors (Lipinski definition) is 2. The normalized spacial score (nSPS) is 12.3. The number of halogens is 1. The molecule has 0 heterocycles. The van der Waals surface area contributed by atoms with E-state index >= 15 is 0 Å². The lowest BCUT2D eigenvalue weighted by molar-refractivity contribution is -0.385. The number of hydrogen-bond acceptors (Lipinski definition) is 4. The molecule has 1 unspecified atom stereocenters. The monoisotopic (exact) mass is 344 g/mol. The van der Waals surface area contributed by atoms with Crippen molar-refractivity contribution in [3.8, 4) is 0 Å². The molecule has 2 N–H and O–H groups in total. The van der Waals surface area contributed by atoms with E-state index in [-0.39, 0.29) is 17.2 Å². The highest BCUT2D eigenvalue weighted by Gasteiger charge is 2.14. The minimum atomic E-state index is -0.360. The van der Waals surface area contributed by atoms with E-state index in [1.807, 2.05) is 0 Å². The highest BCUT2D eigenvalue weighted by atomic mass is 79.9. The van der Waals surface area contributed by atoms with Crippen LogP contribution in [0.3, 0.4) is 0 Å². The van der Waals surface area contributed by atoms with Crippen molar-refractivity contribution in [3.63, 3.8) is 0 Å². The van der Waals surface area contributed by atoms with Gasteiger partial charge in [0, 0.05) is 29.3 Å². The van der Waals surface area contributed by atoms with Crippen molar-refractivity contribution in [2.75, 3.05) is 13.2 Å². The molecule has 0 spiro atoms. The van der Waals surface area contributed by atoms with Crippen molar-refractivity contribution in [2.45, 2.75) is 32.7 Å². The Labute approximate surface area is 127 Å². The van der Waals surface area contributed by atoms with Gasteiger partial charge < -0.3 is 10.4 Å². The molecule has 0 radical (unpaired) electrons. The maximum Gasteiger partial charge on any atom is 0.273 e. The fourth-order valence-corrected chi connectivity index (χ4v) is 2.63. The van der Waals surface area contributed by atoms with E-state index < -0.39 is 0 Å². The number of nitro groups is 1. The molecule has 0 aliphatic heterocycles. The molecular formula is C14H21BrN2O3. The smallest absolute Gasteiger partial charge is 0.273 e. The highest BCUT2D eigenvalue weighted by Crippen LogP contribution is 2.23. The number of rotatable bonds is 9. The first-order chi connectivity index (χ1) is 9.58. The van der Waals surface area contributed by atoms with Gasteiger partial charge in [0.15, 0.2) is 0 Å². The van der Waals surface area contributed by atoms with Gasteiger partial charge in [0.25, 0.3) is 5.69 Å². The van der Waals surface area contributed by atoms with Crippen molar-refractivity contribution < 1.29 is 10.0 Å². The Hall–Kier alpha value is -0.980. The first kappa shape index (κ1) is 17.1. The molecule has 0 amide bonds. The zero-order valence-corrected chi connectivity index (χ0v) is 13.2. The van der Waals surface area contributed by atoms with E-state index in [0.717, 1.165) is 30.3 Å². The van der Waals surface area contributed by atoms with E-state index in [1.165, 1.54) is 6.07 Å². The number of nitrogens with one attached hydrogen (secondary N) is 1. The van der Waals surface area contributed by atoms with Crippen LogP contribution in [0.4, 0.5) is 5.69 Å². The number of aliphatic hydroxyl groups excluding tert-OH is 1. The van der Waals surface area contributed by atoms with Crippen LogP contribution in [0.2, 0.25) is 0 Å². The van der Waals surface area contributed by atoms with Crippen LogP contribution in [0.25, 0.3) is 0 Å². The van der Waals surface area contributed by atoms with Crippen molar-refractivity contribution in [1.82, 2.24) is 5.32 Å². The molecule has 0 aliphatic rings. The molecular weight excluding hydrogens is 324 g/mol. The molecule has 1 aromatic carbocycles. The summed E-state index contributed by atoms with van der Waals surface area (Å²) < 4.78 is 0.834. The zero-order valence-electron chi connectivity index (χ0n) is 11.6. The molecule has 1 rings (SSSR count). The summed E-state index contributed by atoms with van der Waals surface area (Å²) in [5.41, 5.74) is 0.804. The van der Waals surface area contributed by atoms with Crippen LogP contribution in [0.15, 0.2) is 22.7 Å². The van der Waals surface area contributed by atoms with Gasteiger partial charge in [0.05, 0.1) is 4.92 Å². The van der Waals surface area contributed by atoms with Gasteiger partial charge in [-0.15, -0.1) is 0 Å². The molecule has 1 atom stereocenters. The fourth-order valence-electron chi connectivity index (χ4n) is 2.22. The summed E-state index contributed by atoms with van der Waals surface area (Å²) >= 11 is 3.33. The second-order valence-electron chi connectivity index (χ2n) is 4.83. The Morgan fingerprint density at radius 1 is 1.45 bits per heavy atom. The second kappa shape index (κ2) is 9.05.